The molecule has 1 aromatic rings. The van der Waals surface area contributed by atoms with Crippen LogP contribution < -0.4 is 5.73 Å². The summed E-state index contributed by atoms with van der Waals surface area (Å²) in [5, 5.41) is 19.0. The van der Waals surface area contributed by atoms with Gasteiger partial charge in [0.05, 0.1) is 6.10 Å². The Balaban J connectivity index is 2.99. The van der Waals surface area contributed by atoms with E-state index in [2.05, 4.69) is 33.5 Å². The van der Waals surface area contributed by atoms with Crippen LogP contribution in [0.3, 0.4) is 0 Å². The van der Waals surface area contributed by atoms with Gasteiger partial charge in [0.2, 0.25) is 0 Å². The Morgan fingerprint density at radius 3 is 2.79 bits per heavy atom. The second-order valence-corrected chi connectivity index (χ2v) is 4.10. The molecular formula is C8H11BrN2O2S. The van der Waals surface area contributed by atoms with E-state index in [0.717, 1.165) is 0 Å². The number of aromatic nitrogens is 1. The lowest BCUT2D eigenvalue weighted by atomic mass is 10.1. The number of anilines is 1. The molecule has 6 heteroatoms. The molecule has 78 valence electrons. The highest BCUT2D eigenvalue weighted by atomic mass is 79.9. The van der Waals surface area contributed by atoms with Crippen molar-refractivity contribution < 1.29 is 10.2 Å². The number of hydrogen-bond acceptors (Lipinski definition) is 5. The number of rotatable bonds is 3. The molecule has 0 aliphatic heterocycles. The molecular weight excluding hydrogens is 268 g/mol. The number of hydrogen-bond donors (Lipinski definition) is 4. The minimum absolute atomic E-state index is 0.160. The minimum Gasteiger partial charge on any atom is -0.389 e. The zero-order valence-electron chi connectivity index (χ0n) is 7.26. The predicted molar refractivity (Wildman–Crippen MR) is 61.2 cm³/mol. The van der Waals surface area contributed by atoms with Crippen molar-refractivity contribution in [2.24, 2.45) is 0 Å². The molecule has 0 aromatic carbocycles. The summed E-state index contributed by atoms with van der Waals surface area (Å²) in [6.07, 6.45) is -0.479. The highest BCUT2D eigenvalue weighted by Crippen LogP contribution is 2.25. The summed E-state index contributed by atoms with van der Waals surface area (Å²) in [6, 6.07) is 1.62. The van der Waals surface area contributed by atoms with Crippen LogP contribution in [-0.4, -0.2) is 27.1 Å². The Morgan fingerprint density at radius 2 is 2.21 bits per heavy atom. The lowest BCUT2D eigenvalue weighted by Crippen LogP contribution is -2.21. The third kappa shape index (κ3) is 2.60. The van der Waals surface area contributed by atoms with Gasteiger partial charge < -0.3 is 15.9 Å². The first kappa shape index (κ1) is 11.8. The second kappa shape index (κ2) is 4.97. The van der Waals surface area contributed by atoms with E-state index in [9.17, 15) is 10.2 Å². The Kier molecular flexibility index (Phi) is 4.18. The van der Waals surface area contributed by atoms with Gasteiger partial charge in [0.15, 0.2) is 0 Å². The highest BCUT2D eigenvalue weighted by Gasteiger charge is 2.20. The lowest BCUT2D eigenvalue weighted by molar-refractivity contribution is 0.0340. The summed E-state index contributed by atoms with van der Waals surface area (Å²) in [6.45, 7) is 0. The molecule has 1 rings (SSSR count). The highest BCUT2D eigenvalue weighted by molar-refractivity contribution is 9.10. The number of thiol groups is 1. The van der Waals surface area contributed by atoms with Crippen molar-refractivity contribution in [1.82, 2.24) is 4.98 Å². The van der Waals surface area contributed by atoms with Gasteiger partial charge in [0.1, 0.15) is 11.9 Å². The van der Waals surface area contributed by atoms with Gasteiger partial charge in [0, 0.05) is 22.0 Å². The van der Waals surface area contributed by atoms with Crippen LogP contribution in [0.5, 0.6) is 0 Å². The molecule has 0 radical (unpaired) electrons. The molecule has 14 heavy (non-hydrogen) atoms. The van der Waals surface area contributed by atoms with E-state index in [4.69, 9.17) is 5.73 Å². The Bertz CT molecular complexity index is 324. The SMILES string of the molecule is Nc1ncc(Br)cc1C(O)C(O)CS. The van der Waals surface area contributed by atoms with Crippen molar-refractivity contribution in [3.05, 3.63) is 22.3 Å². The number of nitrogens with two attached hydrogens (primary N) is 1. The molecule has 2 unspecified atom stereocenters. The van der Waals surface area contributed by atoms with Gasteiger partial charge in [-0.15, -0.1) is 0 Å². The molecule has 0 saturated carbocycles. The third-order valence-electron chi connectivity index (χ3n) is 1.79. The number of nitrogens with zero attached hydrogens (tertiary/aromatic N) is 1. The summed E-state index contributed by atoms with van der Waals surface area (Å²) >= 11 is 7.09. The summed E-state index contributed by atoms with van der Waals surface area (Å²) in [4.78, 5) is 3.85. The molecule has 0 spiro atoms. The van der Waals surface area contributed by atoms with Crippen LogP contribution in [0.2, 0.25) is 0 Å². The standard InChI is InChI=1S/C8H11BrN2O2S/c9-4-1-5(8(10)11-2-4)7(13)6(12)3-14/h1-2,6-7,12-14H,3H2,(H2,10,11). The number of aliphatic hydroxyl groups is 2. The summed E-state index contributed by atoms with van der Waals surface area (Å²) in [7, 11) is 0. The quantitative estimate of drug-likeness (QED) is 0.616. The third-order valence-corrected chi connectivity index (χ3v) is 2.59. The Labute approximate surface area is 95.7 Å². The second-order valence-electron chi connectivity index (χ2n) is 2.82. The van der Waals surface area contributed by atoms with Crippen molar-refractivity contribution in [2.75, 3.05) is 11.5 Å². The van der Waals surface area contributed by atoms with Crippen LogP contribution in [0.15, 0.2) is 16.7 Å². The zero-order chi connectivity index (χ0) is 10.7. The van der Waals surface area contributed by atoms with Gasteiger partial charge in [-0.05, 0) is 22.0 Å². The maximum atomic E-state index is 9.65. The maximum Gasteiger partial charge on any atom is 0.129 e. The molecule has 0 aliphatic carbocycles. The molecule has 0 saturated heterocycles. The first-order valence-corrected chi connectivity index (χ1v) is 5.36. The minimum atomic E-state index is -1.06. The van der Waals surface area contributed by atoms with Crippen molar-refractivity contribution in [3.63, 3.8) is 0 Å². The van der Waals surface area contributed by atoms with E-state index in [-0.39, 0.29) is 11.6 Å². The zero-order valence-corrected chi connectivity index (χ0v) is 9.74. The fourth-order valence-electron chi connectivity index (χ4n) is 1.01. The smallest absolute Gasteiger partial charge is 0.129 e. The average Bonchev–Trinajstić information content (AvgIpc) is 2.19. The van der Waals surface area contributed by atoms with Crippen LogP contribution >= 0.6 is 28.6 Å². The largest absolute Gasteiger partial charge is 0.389 e. The average molecular weight is 279 g/mol. The van der Waals surface area contributed by atoms with Crippen LogP contribution in [0, 0.1) is 0 Å². The van der Waals surface area contributed by atoms with E-state index in [0.29, 0.717) is 10.0 Å². The van der Waals surface area contributed by atoms with Crippen molar-refractivity contribution >= 4 is 34.4 Å². The monoisotopic (exact) mass is 278 g/mol. The summed E-state index contributed by atoms with van der Waals surface area (Å²) in [5.41, 5.74) is 5.96. The van der Waals surface area contributed by atoms with Gasteiger partial charge in [0.25, 0.3) is 0 Å². The van der Waals surface area contributed by atoms with Crippen molar-refractivity contribution in [3.8, 4) is 0 Å². The van der Waals surface area contributed by atoms with Gasteiger partial charge in [-0.2, -0.15) is 12.6 Å². The maximum absolute atomic E-state index is 9.65. The van der Waals surface area contributed by atoms with Crippen molar-refractivity contribution in [2.45, 2.75) is 12.2 Å². The number of aliphatic hydroxyl groups excluding tert-OH is 2. The van der Waals surface area contributed by atoms with Gasteiger partial charge >= 0.3 is 0 Å². The topological polar surface area (TPSA) is 79.4 Å². The lowest BCUT2D eigenvalue weighted by Gasteiger charge is -2.17. The Morgan fingerprint density at radius 1 is 1.57 bits per heavy atom. The van der Waals surface area contributed by atoms with Gasteiger partial charge in [-0.25, -0.2) is 4.98 Å². The molecule has 0 bridgehead atoms. The molecule has 2 atom stereocenters. The van der Waals surface area contributed by atoms with Crippen LogP contribution in [0.4, 0.5) is 5.82 Å². The normalized spacial score (nSPS) is 15.1. The van der Waals surface area contributed by atoms with Gasteiger partial charge in [-0.1, -0.05) is 0 Å². The van der Waals surface area contributed by atoms with E-state index in [1.807, 2.05) is 0 Å². The first-order valence-electron chi connectivity index (χ1n) is 3.94. The fraction of sp³-hybridized carbons (Fsp3) is 0.375. The summed E-state index contributed by atoms with van der Waals surface area (Å²) < 4.78 is 0.701. The van der Waals surface area contributed by atoms with E-state index in [1.165, 1.54) is 6.20 Å². The Hall–Kier alpha value is -0.300. The van der Waals surface area contributed by atoms with Gasteiger partial charge in [-0.3, -0.25) is 0 Å². The molecule has 0 amide bonds. The molecule has 4 N–H and O–H groups in total. The summed E-state index contributed by atoms with van der Waals surface area (Å²) in [5.74, 6) is 0.370. The molecule has 0 aliphatic rings. The predicted octanol–water partition coefficient (Wildman–Crippen LogP) is 0.750. The molecule has 1 aromatic heterocycles. The van der Waals surface area contributed by atoms with Crippen LogP contribution in [-0.2, 0) is 0 Å². The number of nitrogen functional groups attached to an aromatic ring is 1. The van der Waals surface area contributed by atoms with Crippen LogP contribution in [0.25, 0.3) is 0 Å². The molecule has 1 heterocycles. The number of pyridine rings is 1. The molecule has 0 fully saturated rings. The van der Waals surface area contributed by atoms with E-state index >= 15 is 0 Å². The van der Waals surface area contributed by atoms with E-state index < -0.39 is 12.2 Å². The first-order chi connectivity index (χ1) is 6.56. The number of halogens is 1. The van der Waals surface area contributed by atoms with Crippen molar-refractivity contribution in [1.29, 1.82) is 0 Å². The van der Waals surface area contributed by atoms with E-state index in [1.54, 1.807) is 6.07 Å². The molecule has 4 nitrogen and oxygen atoms in total. The van der Waals surface area contributed by atoms with Crippen LogP contribution in [0.1, 0.15) is 11.7 Å². The fourth-order valence-corrected chi connectivity index (χ4v) is 1.56.